The van der Waals surface area contributed by atoms with Gasteiger partial charge in [-0.25, -0.2) is 0 Å². The Hall–Kier alpha value is -2.64. The van der Waals surface area contributed by atoms with Gasteiger partial charge in [-0.2, -0.15) is 18.3 Å². The van der Waals surface area contributed by atoms with Gasteiger partial charge in [-0.3, -0.25) is 14.3 Å². The number of hydrogen-bond donors (Lipinski definition) is 1. The predicted molar refractivity (Wildman–Crippen MR) is 96.5 cm³/mol. The Labute approximate surface area is 159 Å². The molecule has 1 saturated carbocycles. The van der Waals surface area contributed by atoms with Crippen molar-refractivity contribution in [2.75, 3.05) is 0 Å². The Bertz CT molecular complexity index is 974. The van der Waals surface area contributed by atoms with E-state index >= 15 is 0 Å². The summed E-state index contributed by atoms with van der Waals surface area (Å²) in [7, 11) is 0. The highest BCUT2D eigenvalue weighted by molar-refractivity contribution is 5.92. The highest BCUT2D eigenvalue weighted by Gasteiger charge is 2.39. The molecule has 28 heavy (non-hydrogen) atoms. The topological polar surface area (TPSA) is 72.2 Å². The molecule has 1 N–H and O–H groups in total. The molecule has 1 heterocycles. The zero-order chi connectivity index (χ0) is 20.7. The summed E-state index contributed by atoms with van der Waals surface area (Å²) < 4.78 is 41.2. The molecule has 0 radical (unpaired) electrons. The van der Waals surface area contributed by atoms with Crippen molar-refractivity contribution in [1.29, 1.82) is 0 Å². The molecule has 1 aliphatic carbocycles. The van der Waals surface area contributed by atoms with Crippen LogP contribution in [0.5, 0.6) is 5.75 Å². The monoisotopic (exact) mass is 394 g/mol. The van der Waals surface area contributed by atoms with Crippen LogP contribution >= 0.6 is 0 Å². The van der Waals surface area contributed by atoms with Crippen molar-refractivity contribution < 1.29 is 23.1 Å². The first-order valence-corrected chi connectivity index (χ1v) is 9.03. The first-order valence-electron chi connectivity index (χ1n) is 9.03. The van der Waals surface area contributed by atoms with Crippen LogP contribution < -0.4 is 5.43 Å². The summed E-state index contributed by atoms with van der Waals surface area (Å²) in [6.45, 7) is 2.97. The van der Waals surface area contributed by atoms with Gasteiger partial charge in [0.1, 0.15) is 0 Å². The molecular formula is C20H21F3N2O3. The number of alkyl halides is 3. The van der Waals surface area contributed by atoms with Gasteiger partial charge in [0, 0.05) is 12.3 Å². The fraction of sp³-hybridized carbons (Fsp3) is 0.450. The smallest absolute Gasteiger partial charge is 0.416 e. The minimum absolute atomic E-state index is 0.169. The van der Waals surface area contributed by atoms with Crippen molar-refractivity contribution >= 4 is 5.78 Å². The third-order valence-corrected chi connectivity index (χ3v) is 5.32. The number of aromatic hydroxyl groups is 1. The molecule has 1 aliphatic rings. The lowest BCUT2D eigenvalue weighted by Crippen LogP contribution is -2.32. The van der Waals surface area contributed by atoms with Crippen LogP contribution in [0.2, 0.25) is 0 Å². The van der Waals surface area contributed by atoms with Gasteiger partial charge in [0.2, 0.25) is 0 Å². The van der Waals surface area contributed by atoms with Crippen LogP contribution in [0.15, 0.2) is 29.2 Å². The minimum atomic E-state index is -4.45. The first-order chi connectivity index (χ1) is 13.0. The zero-order valence-corrected chi connectivity index (χ0v) is 15.6. The van der Waals surface area contributed by atoms with Crippen molar-refractivity contribution in [3.05, 3.63) is 57.0 Å². The van der Waals surface area contributed by atoms with E-state index in [1.165, 1.54) is 17.7 Å². The van der Waals surface area contributed by atoms with Gasteiger partial charge < -0.3 is 5.11 Å². The van der Waals surface area contributed by atoms with Crippen molar-refractivity contribution in [3.63, 3.8) is 0 Å². The second-order valence-electron chi connectivity index (χ2n) is 7.52. The lowest BCUT2D eigenvalue weighted by molar-refractivity contribution is -0.137. The maximum Gasteiger partial charge on any atom is 0.416 e. The number of nitrogens with zero attached hydrogens (tertiary/aromatic N) is 2. The van der Waals surface area contributed by atoms with Gasteiger partial charge in [-0.05, 0) is 37.5 Å². The second-order valence-corrected chi connectivity index (χ2v) is 7.52. The number of Topliss-reactive ketones (excluding diaryl/α,β-unsaturated/α-hetero) is 1. The molecule has 1 fully saturated rings. The van der Waals surface area contributed by atoms with Crippen LogP contribution in [0.25, 0.3) is 0 Å². The van der Waals surface area contributed by atoms with Crippen molar-refractivity contribution in [2.45, 2.75) is 57.7 Å². The van der Waals surface area contributed by atoms with E-state index in [9.17, 15) is 27.9 Å². The molecule has 3 rings (SSSR count). The molecule has 5 nitrogen and oxygen atoms in total. The normalized spacial score (nSPS) is 16.3. The molecule has 0 saturated heterocycles. The van der Waals surface area contributed by atoms with Crippen LogP contribution in [-0.2, 0) is 18.1 Å². The van der Waals surface area contributed by atoms with E-state index in [0.717, 1.165) is 25.1 Å². The van der Waals surface area contributed by atoms with Gasteiger partial charge in [0.05, 0.1) is 18.3 Å². The van der Waals surface area contributed by atoms with Crippen LogP contribution in [-0.4, -0.2) is 20.7 Å². The highest BCUT2D eigenvalue weighted by atomic mass is 19.4. The number of halogens is 3. The lowest BCUT2D eigenvalue weighted by Gasteiger charge is -2.31. The molecule has 1 aromatic carbocycles. The molecule has 0 spiro atoms. The number of carbonyl (C=O) groups excluding carboxylic acids is 1. The fourth-order valence-electron chi connectivity index (χ4n) is 3.99. The first kappa shape index (κ1) is 20.1. The van der Waals surface area contributed by atoms with Crippen molar-refractivity contribution in [2.24, 2.45) is 0 Å². The molecule has 0 unspecified atom stereocenters. The van der Waals surface area contributed by atoms with E-state index in [1.807, 2.05) is 0 Å². The van der Waals surface area contributed by atoms with Gasteiger partial charge in [-0.1, -0.05) is 24.5 Å². The van der Waals surface area contributed by atoms with E-state index in [-0.39, 0.29) is 12.2 Å². The highest BCUT2D eigenvalue weighted by Crippen LogP contribution is 2.44. The average molecular weight is 394 g/mol. The van der Waals surface area contributed by atoms with E-state index < -0.39 is 34.1 Å². The third kappa shape index (κ3) is 3.81. The molecule has 2 aromatic rings. The summed E-state index contributed by atoms with van der Waals surface area (Å²) in [4.78, 5) is 23.5. The summed E-state index contributed by atoms with van der Waals surface area (Å²) in [5.41, 5.74) is -1.48. The summed E-state index contributed by atoms with van der Waals surface area (Å²) in [6.07, 6.45) is -0.316. The summed E-state index contributed by atoms with van der Waals surface area (Å²) in [5, 5.41) is 13.9. The molecule has 0 aliphatic heterocycles. The van der Waals surface area contributed by atoms with Gasteiger partial charge in [0.15, 0.2) is 17.2 Å². The molecule has 0 amide bonds. The van der Waals surface area contributed by atoms with Gasteiger partial charge >= 0.3 is 6.18 Å². The average Bonchev–Trinajstić information content (AvgIpc) is 3.06. The van der Waals surface area contributed by atoms with Crippen LogP contribution in [0.1, 0.15) is 59.8 Å². The molecule has 0 atom stereocenters. The molecule has 8 heteroatoms. The quantitative estimate of drug-likeness (QED) is 0.796. The SMILES string of the molecule is CC(=O)c1nn(CC2(c3cc(C)cc(C(F)(F)F)c3)CCCC2)cc(O)c1=O. The largest absolute Gasteiger partial charge is 0.503 e. The number of carbonyl (C=O) groups is 1. The standard InChI is InChI=1S/C20H21F3N2O3/c1-12-7-14(9-15(8-12)20(21,22)23)19(5-3-4-6-19)11-25-10-16(27)18(28)17(24-25)13(2)26/h7-10,27H,3-6,11H2,1-2H3. The van der Waals surface area contributed by atoms with E-state index in [4.69, 9.17) is 0 Å². The maximum atomic E-state index is 13.3. The van der Waals surface area contributed by atoms with Crippen LogP contribution in [0, 0.1) is 6.92 Å². The number of aryl methyl sites for hydroxylation is 1. The van der Waals surface area contributed by atoms with Crippen LogP contribution in [0.4, 0.5) is 13.2 Å². The van der Waals surface area contributed by atoms with Gasteiger partial charge in [0.25, 0.3) is 5.43 Å². The maximum absolute atomic E-state index is 13.3. The third-order valence-electron chi connectivity index (χ3n) is 5.32. The van der Waals surface area contributed by atoms with E-state index in [0.29, 0.717) is 24.0 Å². The Morgan fingerprint density at radius 2 is 1.89 bits per heavy atom. The Kier molecular flexibility index (Phi) is 5.08. The summed E-state index contributed by atoms with van der Waals surface area (Å²) in [5.74, 6) is -1.18. The van der Waals surface area contributed by atoms with Crippen LogP contribution in [0.3, 0.4) is 0 Å². The molecule has 150 valence electrons. The molecular weight excluding hydrogens is 373 g/mol. The number of ketones is 1. The number of aromatic nitrogens is 2. The number of rotatable bonds is 4. The molecule has 0 bridgehead atoms. The number of benzene rings is 1. The summed E-state index contributed by atoms with van der Waals surface area (Å²) >= 11 is 0. The second kappa shape index (κ2) is 7.07. The van der Waals surface area contributed by atoms with Crippen molar-refractivity contribution in [1.82, 2.24) is 9.78 Å². The molecule has 1 aromatic heterocycles. The lowest BCUT2D eigenvalue weighted by atomic mass is 9.77. The van der Waals surface area contributed by atoms with E-state index in [1.54, 1.807) is 13.0 Å². The Balaban J connectivity index is 2.09. The number of hydrogen-bond acceptors (Lipinski definition) is 4. The Morgan fingerprint density at radius 1 is 1.25 bits per heavy atom. The minimum Gasteiger partial charge on any atom is -0.503 e. The Morgan fingerprint density at radius 3 is 2.46 bits per heavy atom. The summed E-state index contributed by atoms with van der Waals surface area (Å²) in [6, 6.07) is 4.03. The van der Waals surface area contributed by atoms with Gasteiger partial charge in [-0.15, -0.1) is 0 Å². The van der Waals surface area contributed by atoms with Crippen molar-refractivity contribution in [3.8, 4) is 5.75 Å². The predicted octanol–water partition coefficient (Wildman–Crippen LogP) is 3.99. The fourth-order valence-corrected chi connectivity index (χ4v) is 3.99. The zero-order valence-electron chi connectivity index (χ0n) is 15.6. The van der Waals surface area contributed by atoms with E-state index in [2.05, 4.69) is 5.10 Å².